The van der Waals surface area contributed by atoms with Gasteiger partial charge in [0.2, 0.25) is 0 Å². The third kappa shape index (κ3) is 2.32. The van der Waals surface area contributed by atoms with Gasteiger partial charge in [-0.1, -0.05) is 0 Å². The van der Waals surface area contributed by atoms with Gasteiger partial charge in [-0.15, -0.1) is 0 Å². The zero-order valence-electron chi connectivity index (χ0n) is 8.30. The van der Waals surface area contributed by atoms with Gasteiger partial charge in [0, 0.05) is 0 Å². The Morgan fingerprint density at radius 3 is 1.15 bits per heavy atom. The van der Waals surface area contributed by atoms with E-state index in [4.69, 9.17) is 4.55 Å². The van der Waals surface area contributed by atoms with Gasteiger partial charge in [-0.3, -0.25) is 4.55 Å². The average Bonchev–Trinajstić information content (AvgIpc) is 2.12. The molecule has 0 aromatic rings. The van der Waals surface area contributed by atoms with E-state index in [1.807, 2.05) is 0 Å². The molecule has 0 aromatic carbocycles. The van der Waals surface area contributed by atoms with Crippen molar-refractivity contribution in [2.45, 2.75) is 23.3 Å². The van der Waals surface area contributed by atoms with Crippen molar-refractivity contribution in [3.05, 3.63) is 0 Å². The minimum atomic E-state index is -7.81. The van der Waals surface area contributed by atoms with E-state index in [9.17, 15) is 56.3 Å². The van der Waals surface area contributed by atoms with Crippen LogP contribution in [-0.4, -0.2) is 44.7 Å². The van der Waals surface area contributed by atoms with Crippen molar-refractivity contribution in [3.63, 3.8) is 0 Å². The summed E-state index contributed by atoms with van der Waals surface area (Å²) in [5, 5.41) is -7.45. The van der Waals surface area contributed by atoms with Crippen molar-refractivity contribution in [2.24, 2.45) is 0 Å². The van der Waals surface area contributed by atoms with Crippen LogP contribution in [0.4, 0.5) is 39.5 Å². The van der Waals surface area contributed by atoms with Gasteiger partial charge < -0.3 is 0 Å². The lowest BCUT2D eigenvalue weighted by Gasteiger charge is -2.32. The predicted octanol–water partition coefficient (Wildman–Crippen LogP) is 1.63. The fourth-order valence-corrected chi connectivity index (χ4v) is 2.46. The molecule has 0 atom stereocenters. The Hall–Kier alpha value is -0.770. The van der Waals surface area contributed by atoms with E-state index in [0.29, 0.717) is 0 Å². The molecule has 0 rings (SSSR count). The fourth-order valence-electron chi connectivity index (χ4n) is 0.650. The van der Waals surface area contributed by atoms with Crippen LogP contribution in [0.5, 0.6) is 0 Å². The first kappa shape index (κ1) is 19.2. The van der Waals surface area contributed by atoms with E-state index in [-0.39, 0.29) is 0 Å². The molecule has 0 saturated heterocycles. The van der Waals surface area contributed by atoms with Gasteiger partial charge in [0.05, 0.1) is 0 Å². The second-order valence-electron chi connectivity index (χ2n) is 3.05. The second-order valence-corrected chi connectivity index (χ2v) is 7.90. The maximum absolute atomic E-state index is 12.6. The molecule has 0 unspecified atom stereocenters. The summed E-state index contributed by atoms with van der Waals surface area (Å²) in [4.78, 5) is 0. The average molecular weight is 364 g/mol. The summed E-state index contributed by atoms with van der Waals surface area (Å²) >= 11 is 0. The first-order chi connectivity index (χ1) is 8.25. The van der Waals surface area contributed by atoms with E-state index in [0.717, 1.165) is 0 Å². The Kier molecular flexibility index (Phi) is 4.19. The van der Waals surface area contributed by atoms with Crippen LogP contribution in [-0.2, 0) is 18.0 Å². The molecule has 0 fully saturated rings. The van der Waals surface area contributed by atoms with Gasteiger partial charge in [0.1, 0.15) is 0 Å². The van der Waals surface area contributed by atoms with E-state index >= 15 is 0 Å². The summed E-state index contributed by atoms with van der Waals surface area (Å²) in [7, 11) is -14.9. The second kappa shape index (κ2) is 4.36. The molecule has 0 aliphatic heterocycles. The minimum absolute atomic E-state index is 7.11. The Morgan fingerprint density at radius 2 is 0.950 bits per heavy atom. The molecule has 0 aliphatic carbocycles. The molecule has 5 nitrogen and oxygen atoms in total. The largest absolute Gasteiger partial charge is 0.460 e. The Morgan fingerprint density at radius 1 is 0.650 bits per heavy atom. The highest BCUT2D eigenvalue weighted by atomic mass is 33.2. The molecule has 1 N–H and O–H groups in total. The fraction of sp³-hybridized carbons (Fsp3) is 1.00. The van der Waals surface area contributed by atoms with Gasteiger partial charge in [-0.2, -0.15) is 47.9 Å². The number of hydrogen-bond acceptors (Lipinski definition) is 4. The van der Waals surface area contributed by atoms with Gasteiger partial charge in [-0.05, 0) is 0 Å². The summed E-state index contributed by atoms with van der Waals surface area (Å²) in [6.07, 6.45) is -7.32. The summed E-state index contributed by atoms with van der Waals surface area (Å²) < 4.78 is 158. The molecule has 0 amide bonds. The molecule has 0 saturated carbocycles. The number of halogens is 9. The first-order valence-corrected chi connectivity index (χ1v) is 7.11. The summed E-state index contributed by atoms with van der Waals surface area (Å²) in [6.45, 7) is 0. The lowest BCUT2D eigenvalue weighted by atomic mass is 10.1. The van der Waals surface area contributed by atoms with Gasteiger partial charge in [0.15, 0.2) is 0 Å². The van der Waals surface area contributed by atoms with Crippen LogP contribution in [0, 0.1) is 0 Å². The lowest BCUT2D eigenvalue weighted by Crippen LogP contribution is -2.63. The van der Waals surface area contributed by atoms with Crippen LogP contribution in [0.3, 0.4) is 0 Å². The molecule has 0 aromatic heterocycles. The Balaban J connectivity index is 6.38. The highest BCUT2D eigenvalue weighted by Gasteiger charge is 2.86. The van der Waals surface area contributed by atoms with Crippen LogP contribution in [0.2, 0.25) is 0 Å². The van der Waals surface area contributed by atoms with Crippen molar-refractivity contribution >= 4 is 18.0 Å². The quantitative estimate of drug-likeness (QED) is 0.465. The van der Waals surface area contributed by atoms with Crippen LogP contribution in [0.1, 0.15) is 0 Å². The van der Waals surface area contributed by atoms with E-state index in [2.05, 4.69) is 0 Å². The lowest BCUT2D eigenvalue weighted by molar-refractivity contribution is -0.382. The third-order valence-corrected chi connectivity index (χ3v) is 5.44. The van der Waals surface area contributed by atoms with Crippen molar-refractivity contribution in [1.82, 2.24) is 0 Å². The maximum atomic E-state index is 12.6. The Bertz CT molecular complexity index is 584. The predicted molar refractivity (Wildman–Crippen MR) is 41.4 cm³/mol. The van der Waals surface area contributed by atoms with Gasteiger partial charge in [-0.25, -0.2) is 8.42 Å². The monoisotopic (exact) mass is 364 g/mol. The molecular formula is C4HF9O5S2. The molecule has 0 radical (unpaired) electrons. The van der Waals surface area contributed by atoms with E-state index in [1.165, 1.54) is 0 Å². The number of rotatable bonds is 4. The Labute approximate surface area is 103 Å². The van der Waals surface area contributed by atoms with E-state index in [1.54, 1.807) is 0 Å². The van der Waals surface area contributed by atoms with E-state index < -0.39 is 41.3 Å². The zero-order chi connectivity index (χ0) is 17.0. The summed E-state index contributed by atoms with van der Waals surface area (Å²) in [5.74, 6) is -15.3. The normalized spacial score (nSPS) is 16.3. The summed E-state index contributed by atoms with van der Waals surface area (Å²) in [5.41, 5.74) is 0. The molecular weight excluding hydrogens is 363 g/mol. The van der Waals surface area contributed by atoms with Crippen LogP contribution < -0.4 is 0 Å². The van der Waals surface area contributed by atoms with Crippen molar-refractivity contribution in [1.29, 1.82) is 0 Å². The molecule has 0 heterocycles. The number of hydrogen-bond donors (Lipinski definition) is 1. The van der Waals surface area contributed by atoms with Crippen LogP contribution in [0.15, 0.2) is 0 Å². The zero-order valence-corrected chi connectivity index (χ0v) is 9.93. The van der Waals surface area contributed by atoms with Gasteiger partial charge in [0.25, 0.3) is 0 Å². The van der Waals surface area contributed by atoms with Crippen LogP contribution >= 0.6 is 0 Å². The highest BCUT2D eigenvalue weighted by molar-refractivity contribution is 8.65. The molecule has 0 spiro atoms. The molecule has 20 heavy (non-hydrogen) atoms. The SMILES string of the molecule is O=S(=O)(O)S(=O)(=O)C(F)(F)C(F)(F)C(F)(F)C(F)(F)F. The topological polar surface area (TPSA) is 88.5 Å². The molecule has 122 valence electrons. The molecule has 0 bridgehead atoms. The number of alkyl halides is 9. The van der Waals surface area contributed by atoms with Crippen molar-refractivity contribution in [3.8, 4) is 0 Å². The van der Waals surface area contributed by atoms with Crippen molar-refractivity contribution in [2.75, 3.05) is 0 Å². The minimum Gasteiger partial charge on any atom is -0.273 e. The van der Waals surface area contributed by atoms with Gasteiger partial charge >= 0.3 is 41.3 Å². The molecule has 16 heteroatoms. The molecule has 0 aliphatic rings. The standard InChI is InChI=1S/C4HF9O5S2/c5-1(6,3(9,10)11)2(7,8)4(12,13)19(14,15)20(16,17)18/h(H,16,17,18). The third-order valence-electron chi connectivity index (χ3n) is 1.71. The maximum Gasteiger partial charge on any atom is 0.460 e. The van der Waals surface area contributed by atoms with Crippen molar-refractivity contribution < 1.29 is 60.9 Å². The first-order valence-electron chi connectivity index (χ1n) is 3.67. The highest BCUT2D eigenvalue weighted by Crippen LogP contribution is 2.55. The summed E-state index contributed by atoms with van der Waals surface area (Å²) in [6, 6.07) is 0. The van der Waals surface area contributed by atoms with Crippen LogP contribution in [0.25, 0.3) is 0 Å². The smallest absolute Gasteiger partial charge is 0.273 e.